The van der Waals surface area contributed by atoms with E-state index in [2.05, 4.69) is 22.3 Å². The molecule has 20 heavy (non-hydrogen) atoms. The lowest BCUT2D eigenvalue weighted by molar-refractivity contribution is 0.0597. The molecular weight excluding hydrogens is 256 g/mol. The standard InChI is InChI=1S/C15H18N2O3/c1-11(18)13-16-14(17-20-13)15(7-9-19-10-8-15)12-5-3-2-4-6-12/h2-6,11,18H,7-10H2,1H3. The van der Waals surface area contributed by atoms with E-state index in [0.717, 1.165) is 12.8 Å². The van der Waals surface area contributed by atoms with Crippen molar-refractivity contribution in [2.24, 2.45) is 0 Å². The van der Waals surface area contributed by atoms with Crippen molar-refractivity contribution in [3.05, 3.63) is 47.6 Å². The lowest BCUT2D eigenvalue weighted by atomic mass is 9.73. The van der Waals surface area contributed by atoms with E-state index in [0.29, 0.717) is 19.0 Å². The molecule has 0 saturated carbocycles. The Labute approximate surface area is 117 Å². The van der Waals surface area contributed by atoms with E-state index < -0.39 is 6.10 Å². The molecule has 106 valence electrons. The Kier molecular flexibility index (Phi) is 3.54. The van der Waals surface area contributed by atoms with Crippen LogP contribution in [0.15, 0.2) is 34.9 Å². The molecule has 5 heteroatoms. The summed E-state index contributed by atoms with van der Waals surface area (Å²) in [6.45, 7) is 2.97. The molecule has 1 aromatic heterocycles. The summed E-state index contributed by atoms with van der Waals surface area (Å²) in [5.41, 5.74) is 0.886. The van der Waals surface area contributed by atoms with Crippen LogP contribution in [0.2, 0.25) is 0 Å². The van der Waals surface area contributed by atoms with Gasteiger partial charge >= 0.3 is 0 Å². The Balaban J connectivity index is 2.05. The smallest absolute Gasteiger partial charge is 0.255 e. The lowest BCUT2D eigenvalue weighted by Gasteiger charge is -2.34. The van der Waals surface area contributed by atoms with E-state index in [9.17, 15) is 5.11 Å². The number of aliphatic hydroxyl groups is 1. The second-order valence-electron chi connectivity index (χ2n) is 5.19. The Morgan fingerprint density at radius 1 is 1.20 bits per heavy atom. The summed E-state index contributed by atoms with van der Waals surface area (Å²) in [4.78, 5) is 4.40. The minimum Gasteiger partial charge on any atom is -0.384 e. The summed E-state index contributed by atoms with van der Waals surface area (Å²) in [5, 5.41) is 13.7. The van der Waals surface area contributed by atoms with Crippen molar-refractivity contribution in [3.63, 3.8) is 0 Å². The molecule has 0 radical (unpaired) electrons. The molecule has 1 unspecified atom stereocenters. The van der Waals surface area contributed by atoms with Crippen molar-refractivity contribution in [1.82, 2.24) is 10.1 Å². The fourth-order valence-corrected chi connectivity index (χ4v) is 2.72. The molecular formula is C15H18N2O3. The number of nitrogens with zero attached hydrogens (tertiary/aromatic N) is 2. The molecule has 0 aliphatic carbocycles. The van der Waals surface area contributed by atoms with Gasteiger partial charge in [-0.1, -0.05) is 35.5 Å². The van der Waals surface area contributed by atoms with Crippen LogP contribution in [-0.4, -0.2) is 28.5 Å². The van der Waals surface area contributed by atoms with Crippen LogP contribution in [0.1, 0.15) is 43.1 Å². The number of hydrogen-bond acceptors (Lipinski definition) is 5. The molecule has 2 aromatic rings. The van der Waals surface area contributed by atoms with Crippen molar-refractivity contribution in [1.29, 1.82) is 0 Å². The number of aliphatic hydroxyl groups excluding tert-OH is 1. The molecule has 1 N–H and O–H groups in total. The molecule has 0 amide bonds. The van der Waals surface area contributed by atoms with Gasteiger partial charge in [0.25, 0.3) is 5.89 Å². The van der Waals surface area contributed by atoms with Gasteiger partial charge in [0.05, 0.1) is 5.41 Å². The van der Waals surface area contributed by atoms with Crippen molar-refractivity contribution < 1.29 is 14.4 Å². The van der Waals surface area contributed by atoms with Crippen LogP contribution in [0.25, 0.3) is 0 Å². The largest absolute Gasteiger partial charge is 0.384 e. The SMILES string of the molecule is CC(O)c1nc(C2(c3ccccc3)CCOCC2)no1. The van der Waals surface area contributed by atoms with Gasteiger partial charge in [-0.15, -0.1) is 0 Å². The first kappa shape index (κ1) is 13.3. The van der Waals surface area contributed by atoms with Crippen LogP contribution < -0.4 is 0 Å². The summed E-state index contributed by atoms with van der Waals surface area (Å²) in [6.07, 6.45) is 0.884. The van der Waals surface area contributed by atoms with E-state index >= 15 is 0 Å². The maximum Gasteiger partial charge on any atom is 0.255 e. The first-order chi connectivity index (χ1) is 9.72. The summed E-state index contributed by atoms with van der Waals surface area (Å²) in [6, 6.07) is 10.2. The van der Waals surface area contributed by atoms with Gasteiger partial charge < -0.3 is 14.4 Å². The second-order valence-corrected chi connectivity index (χ2v) is 5.19. The number of rotatable bonds is 3. The van der Waals surface area contributed by atoms with Crippen molar-refractivity contribution in [3.8, 4) is 0 Å². The van der Waals surface area contributed by atoms with Gasteiger partial charge in [0, 0.05) is 13.2 Å². The van der Waals surface area contributed by atoms with Crippen molar-refractivity contribution >= 4 is 0 Å². The average molecular weight is 274 g/mol. The van der Waals surface area contributed by atoms with Gasteiger partial charge in [-0.05, 0) is 25.3 Å². The van der Waals surface area contributed by atoms with Gasteiger partial charge in [-0.2, -0.15) is 4.98 Å². The van der Waals surface area contributed by atoms with Crippen LogP contribution in [0.4, 0.5) is 0 Å². The zero-order valence-corrected chi connectivity index (χ0v) is 11.5. The molecule has 1 saturated heterocycles. The first-order valence-electron chi connectivity index (χ1n) is 6.88. The van der Waals surface area contributed by atoms with Gasteiger partial charge in [-0.25, -0.2) is 0 Å². The van der Waals surface area contributed by atoms with Crippen molar-refractivity contribution in [2.45, 2.75) is 31.3 Å². The van der Waals surface area contributed by atoms with E-state index in [4.69, 9.17) is 9.26 Å². The number of benzene rings is 1. The molecule has 1 fully saturated rings. The van der Waals surface area contributed by atoms with Crippen LogP contribution in [0, 0.1) is 0 Å². The number of hydrogen-bond donors (Lipinski definition) is 1. The monoisotopic (exact) mass is 274 g/mol. The summed E-state index contributed by atoms with van der Waals surface area (Å²) in [5.74, 6) is 0.907. The third kappa shape index (κ3) is 2.23. The summed E-state index contributed by atoms with van der Waals surface area (Å²) >= 11 is 0. The zero-order valence-electron chi connectivity index (χ0n) is 11.5. The molecule has 0 bridgehead atoms. The maximum atomic E-state index is 9.57. The van der Waals surface area contributed by atoms with E-state index in [1.807, 2.05) is 18.2 Å². The summed E-state index contributed by atoms with van der Waals surface area (Å²) in [7, 11) is 0. The highest BCUT2D eigenvalue weighted by Gasteiger charge is 2.40. The first-order valence-corrected chi connectivity index (χ1v) is 6.88. The Hall–Kier alpha value is -1.72. The molecule has 1 aromatic carbocycles. The molecule has 1 aliphatic rings. The van der Waals surface area contributed by atoms with Crippen LogP contribution in [-0.2, 0) is 10.2 Å². The quantitative estimate of drug-likeness (QED) is 0.929. The fourth-order valence-electron chi connectivity index (χ4n) is 2.72. The Morgan fingerprint density at radius 3 is 2.50 bits per heavy atom. The van der Waals surface area contributed by atoms with Crippen LogP contribution in [0.3, 0.4) is 0 Å². The molecule has 0 spiro atoms. The maximum absolute atomic E-state index is 9.57. The minimum absolute atomic E-state index is 0.266. The molecule has 2 heterocycles. The highest BCUT2D eigenvalue weighted by Crippen LogP contribution is 2.39. The second kappa shape index (κ2) is 5.34. The van der Waals surface area contributed by atoms with Crippen molar-refractivity contribution in [2.75, 3.05) is 13.2 Å². The average Bonchev–Trinajstić information content (AvgIpc) is 2.99. The summed E-state index contributed by atoms with van der Waals surface area (Å²) < 4.78 is 10.7. The van der Waals surface area contributed by atoms with Crippen LogP contribution in [0.5, 0.6) is 0 Å². The number of aromatic nitrogens is 2. The third-order valence-corrected chi connectivity index (χ3v) is 3.90. The van der Waals surface area contributed by atoms with Gasteiger partial charge in [0.2, 0.25) is 0 Å². The molecule has 1 atom stereocenters. The molecule has 5 nitrogen and oxygen atoms in total. The van der Waals surface area contributed by atoms with Gasteiger partial charge in [-0.3, -0.25) is 0 Å². The fraction of sp³-hybridized carbons (Fsp3) is 0.467. The van der Waals surface area contributed by atoms with E-state index in [1.165, 1.54) is 5.56 Å². The van der Waals surface area contributed by atoms with Gasteiger partial charge in [0.1, 0.15) is 6.10 Å². The number of ether oxygens (including phenoxy) is 1. The van der Waals surface area contributed by atoms with E-state index in [1.54, 1.807) is 6.92 Å². The van der Waals surface area contributed by atoms with Crippen LogP contribution >= 0.6 is 0 Å². The zero-order chi connectivity index (χ0) is 14.0. The third-order valence-electron chi connectivity index (χ3n) is 3.90. The Morgan fingerprint density at radius 2 is 1.90 bits per heavy atom. The van der Waals surface area contributed by atoms with Gasteiger partial charge in [0.15, 0.2) is 5.82 Å². The minimum atomic E-state index is -0.746. The van der Waals surface area contributed by atoms with E-state index in [-0.39, 0.29) is 11.3 Å². The predicted octanol–water partition coefficient (Wildman–Crippen LogP) is 2.22. The Bertz CT molecular complexity index is 560. The highest BCUT2D eigenvalue weighted by molar-refractivity contribution is 5.33. The predicted molar refractivity (Wildman–Crippen MR) is 72.2 cm³/mol. The topological polar surface area (TPSA) is 68.4 Å². The molecule has 3 rings (SSSR count). The molecule has 1 aliphatic heterocycles. The highest BCUT2D eigenvalue weighted by atomic mass is 16.5. The normalized spacial score (nSPS) is 19.7. The lowest BCUT2D eigenvalue weighted by Crippen LogP contribution is -2.36.